The molecule has 0 aliphatic rings. The lowest BCUT2D eigenvalue weighted by Gasteiger charge is -2.08. The fourth-order valence-corrected chi connectivity index (χ4v) is 1.07. The molecule has 0 fully saturated rings. The highest BCUT2D eigenvalue weighted by atomic mass is 35.5. The van der Waals surface area contributed by atoms with Crippen molar-refractivity contribution in [2.24, 2.45) is 5.73 Å². The van der Waals surface area contributed by atoms with Crippen LogP contribution < -0.4 is 11.1 Å². The molecule has 1 rings (SSSR count). The van der Waals surface area contributed by atoms with E-state index >= 15 is 0 Å². The summed E-state index contributed by atoms with van der Waals surface area (Å²) in [7, 11) is 0. The summed E-state index contributed by atoms with van der Waals surface area (Å²) in [6.45, 7) is 3.08. The van der Waals surface area contributed by atoms with Gasteiger partial charge >= 0.3 is 0 Å². The number of anilines is 1. The fourth-order valence-electron chi connectivity index (χ4n) is 1.07. The Morgan fingerprint density at radius 2 is 2.00 bits per heavy atom. The number of benzene rings is 1. The van der Waals surface area contributed by atoms with Gasteiger partial charge in [-0.25, -0.2) is 0 Å². The summed E-state index contributed by atoms with van der Waals surface area (Å²) in [5, 5.41) is 2.62. The summed E-state index contributed by atoms with van der Waals surface area (Å²) in [6.07, 6.45) is 0. The van der Waals surface area contributed by atoms with Gasteiger partial charge in [0.2, 0.25) is 5.91 Å². The molecule has 16 heavy (non-hydrogen) atoms. The maximum absolute atomic E-state index is 11.3. The number of halogens is 1. The molecule has 5 heteroatoms. The minimum atomic E-state index is -0.564. The average molecular weight is 243 g/mol. The van der Waals surface area contributed by atoms with Gasteiger partial charge in [0.05, 0.1) is 6.04 Å². The SMILES string of the molecule is CC(=O)c1cccc(NC(=O)C(C)N)c1.Cl. The molecule has 1 aromatic rings. The summed E-state index contributed by atoms with van der Waals surface area (Å²) < 4.78 is 0. The molecule has 0 aliphatic carbocycles. The summed E-state index contributed by atoms with van der Waals surface area (Å²) in [5.74, 6) is -0.303. The average Bonchev–Trinajstić information content (AvgIpc) is 2.18. The van der Waals surface area contributed by atoms with E-state index in [-0.39, 0.29) is 24.1 Å². The normalized spacial score (nSPS) is 11.2. The third kappa shape index (κ3) is 4.00. The van der Waals surface area contributed by atoms with E-state index in [9.17, 15) is 9.59 Å². The number of nitrogens with one attached hydrogen (secondary N) is 1. The van der Waals surface area contributed by atoms with Gasteiger partial charge in [-0.3, -0.25) is 9.59 Å². The Morgan fingerprint density at radius 1 is 1.38 bits per heavy atom. The Labute approximate surface area is 101 Å². The van der Waals surface area contributed by atoms with Crippen LogP contribution in [0.15, 0.2) is 24.3 Å². The van der Waals surface area contributed by atoms with E-state index in [1.807, 2.05) is 0 Å². The minimum absolute atomic E-state index is 0. The maximum Gasteiger partial charge on any atom is 0.240 e. The van der Waals surface area contributed by atoms with E-state index < -0.39 is 6.04 Å². The molecular formula is C11H15ClN2O2. The molecule has 0 spiro atoms. The van der Waals surface area contributed by atoms with Crippen LogP contribution in [-0.2, 0) is 4.79 Å². The zero-order valence-corrected chi connectivity index (χ0v) is 10.0. The Hall–Kier alpha value is -1.39. The Morgan fingerprint density at radius 3 is 2.50 bits per heavy atom. The lowest BCUT2D eigenvalue weighted by molar-refractivity contribution is -0.117. The molecule has 0 aromatic heterocycles. The van der Waals surface area contributed by atoms with Crippen molar-refractivity contribution in [1.29, 1.82) is 0 Å². The third-order valence-electron chi connectivity index (χ3n) is 1.95. The molecule has 88 valence electrons. The standard InChI is InChI=1S/C11H14N2O2.ClH/c1-7(12)11(15)13-10-5-3-4-9(6-10)8(2)14;/h3-7H,12H2,1-2H3,(H,13,15);1H. The molecule has 1 aromatic carbocycles. The van der Waals surface area contributed by atoms with Gasteiger partial charge in [0.15, 0.2) is 5.78 Å². The molecule has 4 nitrogen and oxygen atoms in total. The first-order chi connectivity index (χ1) is 7.00. The van der Waals surface area contributed by atoms with Gasteiger partial charge < -0.3 is 11.1 Å². The maximum atomic E-state index is 11.3. The van der Waals surface area contributed by atoms with Crippen LogP contribution in [0.3, 0.4) is 0 Å². The smallest absolute Gasteiger partial charge is 0.240 e. The predicted octanol–water partition coefficient (Wildman–Crippen LogP) is 1.60. The quantitative estimate of drug-likeness (QED) is 0.791. The number of carbonyl (C=O) groups is 2. The Kier molecular flexibility index (Phi) is 5.71. The van der Waals surface area contributed by atoms with Gasteiger partial charge in [0, 0.05) is 11.3 Å². The first-order valence-electron chi connectivity index (χ1n) is 4.68. The highest BCUT2D eigenvalue weighted by molar-refractivity contribution is 5.98. The van der Waals surface area contributed by atoms with Crippen molar-refractivity contribution >= 4 is 29.8 Å². The van der Waals surface area contributed by atoms with Gasteiger partial charge in [0.1, 0.15) is 0 Å². The van der Waals surface area contributed by atoms with Crippen LogP contribution in [0.5, 0.6) is 0 Å². The van der Waals surface area contributed by atoms with Crippen molar-refractivity contribution in [3.05, 3.63) is 29.8 Å². The second-order valence-electron chi connectivity index (χ2n) is 3.41. The number of amides is 1. The summed E-state index contributed by atoms with van der Waals surface area (Å²) in [5.41, 5.74) is 6.56. The largest absolute Gasteiger partial charge is 0.325 e. The molecule has 0 saturated heterocycles. The molecule has 0 heterocycles. The van der Waals surface area contributed by atoms with E-state index in [0.29, 0.717) is 11.3 Å². The van der Waals surface area contributed by atoms with Gasteiger partial charge in [0.25, 0.3) is 0 Å². The molecule has 1 amide bonds. The van der Waals surface area contributed by atoms with Gasteiger partial charge in [-0.2, -0.15) is 0 Å². The van der Waals surface area contributed by atoms with Gasteiger partial charge in [-0.05, 0) is 26.0 Å². The number of nitrogens with two attached hydrogens (primary N) is 1. The number of ketones is 1. The predicted molar refractivity (Wildman–Crippen MR) is 66.0 cm³/mol. The van der Waals surface area contributed by atoms with E-state index in [0.717, 1.165) is 0 Å². The van der Waals surface area contributed by atoms with Crippen molar-refractivity contribution < 1.29 is 9.59 Å². The van der Waals surface area contributed by atoms with Crippen LogP contribution in [0.25, 0.3) is 0 Å². The van der Waals surface area contributed by atoms with Crippen molar-refractivity contribution in [1.82, 2.24) is 0 Å². The molecule has 0 saturated carbocycles. The number of carbonyl (C=O) groups excluding carboxylic acids is 2. The van der Waals surface area contributed by atoms with Crippen LogP contribution in [0, 0.1) is 0 Å². The topological polar surface area (TPSA) is 72.2 Å². The van der Waals surface area contributed by atoms with Crippen LogP contribution in [0.4, 0.5) is 5.69 Å². The van der Waals surface area contributed by atoms with Gasteiger partial charge in [-0.15, -0.1) is 12.4 Å². The lowest BCUT2D eigenvalue weighted by atomic mass is 10.1. The van der Waals surface area contributed by atoms with Crippen LogP contribution in [0.2, 0.25) is 0 Å². The van der Waals surface area contributed by atoms with Crippen molar-refractivity contribution in [2.75, 3.05) is 5.32 Å². The third-order valence-corrected chi connectivity index (χ3v) is 1.95. The summed E-state index contributed by atoms with van der Waals surface area (Å²) in [6, 6.07) is 6.19. The second-order valence-corrected chi connectivity index (χ2v) is 3.41. The second kappa shape index (κ2) is 6.25. The molecular weight excluding hydrogens is 228 g/mol. The number of rotatable bonds is 3. The first-order valence-corrected chi connectivity index (χ1v) is 4.68. The van der Waals surface area contributed by atoms with Crippen molar-refractivity contribution in [3.8, 4) is 0 Å². The zero-order valence-electron chi connectivity index (χ0n) is 9.19. The van der Waals surface area contributed by atoms with Crippen LogP contribution in [-0.4, -0.2) is 17.7 Å². The lowest BCUT2D eigenvalue weighted by Crippen LogP contribution is -2.32. The zero-order chi connectivity index (χ0) is 11.4. The molecule has 3 N–H and O–H groups in total. The van der Waals surface area contributed by atoms with E-state index in [1.54, 1.807) is 31.2 Å². The fraction of sp³-hybridized carbons (Fsp3) is 0.273. The van der Waals surface area contributed by atoms with Crippen molar-refractivity contribution in [2.45, 2.75) is 19.9 Å². The molecule has 1 atom stereocenters. The number of Topliss-reactive ketones (excluding diaryl/α,β-unsaturated/α-hetero) is 1. The monoisotopic (exact) mass is 242 g/mol. The van der Waals surface area contributed by atoms with Crippen LogP contribution >= 0.6 is 12.4 Å². The Bertz CT molecular complexity index is 391. The van der Waals surface area contributed by atoms with E-state index in [2.05, 4.69) is 5.32 Å². The molecule has 1 unspecified atom stereocenters. The minimum Gasteiger partial charge on any atom is -0.325 e. The highest BCUT2D eigenvalue weighted by Crippen LogP contribution is 2.11. The molecule has 0 bridgehead atoms. The Balaban J connectivity index is 0.00000225. The van der Waals surface area contributed by atoms with Crippen LogP contribution in [0.1, 0.15) is 24.2 Å². The molecule has 0 aliphatic heterocycles. The van der Waals surface area contributed by atoms with E-state index in [4.69, 9.17) is 5.73 Å². The number of hydrogen-bond acceptors (Lipinski definition) is 3. The number of hydrogen-bond donors (Lipinski definition) is 2. The van der Waals surface area contributed by atoms with Crippen molar-refractivity contribution in [3.63, 3.8) is 0 Å². The molecule has 0 radical (unpaired) electrons. The summed E-state index contributed by atoms with van der Waals surface area (Å²) in [4.78, 5) is 22.4. The highest BCUT2D eigenvalue weighted by Gasteiger charge is 2.08. The first kappa shape index (κ1) is 14.6. The van der Waals surface area contributed by atoms with E-state index in [1.165, 1.54) is 6.92 Å². The summed E-state index contributed by atoms with van der Waals surface area (Å²) >= 11 is 0. The van der Waals surface area contributed by atoms with Gasteiger partial charge in [-0.1, -0.05) is 12.1 Å².